The summed E-state index contributed by atoms with van der Waals surface area (Å²) in [5, 5.41) is 4.99. The van der Waals surface area contributed by atoms with Gasteiger partial charge in [-0.1, -0.05) is 18.2 Å². The van der Waals surface area contributed by atoms with Crippen LogP contribution < -0.4 is 5.32 Å². The van der Waals surface area contributed by atoms with Gasteiger partial charge in [-0.05, 0) is 37.1 Å². The van der Waals surface area contributed by atoms with E-state index in [1.54, 1.807) is 12.4 Å². The second kappa shape index (κ2) is 5.41. The largest absolute Gasteiger partial charge is 0.320 e. The number of benzene rings is 1. The van der Waals surface area contributed by atoms with Crippen LogP contribution in [-0.4, -0.2) is 20.3 Å². The Kier molecular flexibility index (Phi) is 3.06. The maximum absolute atomic E-state index is 12.9. The van der Waals surface area contributed by atoms with Gasteiger partial charge in [0.15, 0.2) is 5.69 Å². The van der Waals surface area contributed by atoms with Gasteiger partial charge in [-0.3, -0.25) is 9.78 Å². The number of carbonyl (C=O) groups is 1. The Hall–Kier alpha value is -3.21. The Bertz CT molecular complexity index is 1110. The molecule has 0 saturated heterocycles. The molecule has 0 aliphatic heterocycles. The van der Waals surface area contributed by atoms with Crippen molar-refractivity contribution in [3.05, 3.63) is 72.6 Å². The minimum Gasteiger partial charge on any atom is -0.320 e. The van der Waals surface area contributed by atoms with E-state index in [4.69, 9.17) is 0 Å². The van der Waals surface area contributed by atoms with Crippen LogP contribution in [0.2, 0.25) is 0 Å². The van der Waals surface area contributed by atoms with Crippen LogP contribution in [0.3, 0.4) is 0 Å². The number of nitrogens with zero attached hydrogens (tertiary/aromatic N) is 3. The second-order valence-electron chi connectivity index (χ2n) is 6.41. The van der Waals surface area contributed by atoms with E-state index in [2.05, 4.69) is 15.3 Å². The number of aromatic nitrogens is 3. The average Bonchev–Trinajstić information content (AvgIpc) is 3.42. The Morgan fingerprint density at radius 1 is 1.12 bits per heavy atom. The summed E-state index contributed by atoms with van der Waals surface area (Å²) in [5.41, 5.74) is 2.10. The highest BCUT2D eigenvalue weighted by atomic mass is 16.1. The van der Waals surface area contributed by atoms with Gasteiger partial charge in [0.25, 0.3) is 5.91 Å². The first kappa shape index (κ1) is 14.2. The molecule has 25 heavy (non-hydrogen) atoms. The van der Waals surface area contributed by atoms with Crippen molar-refractivity contribution in [2.45, 2.75) is 18.8 Å². The maximum Gasteiger partial charge on any atom is 0.276 e. The molecular weight excluding hydrogens is 312 g/mol. The third kappa shape index (κ3) is 2.36. The van der Waals surface area contributed by atoms with Crippen molar-refractivity contribution in [3.8, 4) is 0 Å². The van der Waals surface area contributed by atoms with Gasteiger partial charge in [0.05, 0.1) is 5.52 Å². The molecule has 1 fully saturated rings. The summed E-state index contributed by atoms with van der Waals surface area (Å²) >= 11 is 0. The van der Waals surface area contributed by atoms with Gasteiger partial charge < -0.3 is 9.72 Å². The highest BCUT2D eigenvalue weighted by Crippen LogP contribution is 2.40. The summed E-state index contributed by atoms with van der Waals surface area (Å²) in [4.78, 5) is 21.7. The SMILES string of the molecule is O=C(Nc1cccc2cnccc12)c1nc(C2CC2)n2ccccc12. The first-order valence-corrected chi connectivity index (χ1v) is 8.42. The smallest absolute Gasteiger partial charge is 0.276 e. The third-order valence-corrected chi connectivity index (χ3v) is 4.66. The number of imidazole rings is 1. The monoisotopic (exact) mass is 328 g/mol. The molecule has 5 nitrogen and oxygen atoms in total. The van der Waals surface area contributed by atoms with Crippen molar-refractivity contribution < 1.29 is 4.79 Å². The van der Waals surface area contributed by atoms with Crippen LogP contribution in [0, 0.1) is 0 Å². The molecule has 0 unspecified atom stereocenters. The van der Waals surface area contributed by atoms with Crippen LogP contribution in [0.25, 0.3) is 16.3 Å². The van der Waals surface area contributed by atoms with Crippen molar-refractivity contribution >= 4 is 27.9 Å². The Morgan fingerprint density at radius 2 is 2.04 bits per heavy atom. The molecule has 4 aromatic rings. The lowest BCUT2D eigenvalue weighted by atomic mass is 10.1. The molecule has 122 valence electrons. The fourth-order valence-electron chi connectivity index (χ4n) is 3.27. The lowest BCUT2D eigenvalue weighted by molar-refractivity contribution is 0.102. The third-order valence-electron chi connectivity index (χ3n) is 4.66. The number of amides is 1. The van der Waals surface area contributed by atoms with E-state index in [-0.39, 0.29) is 5.91 Å². The van der Waals surface area contributed by atoms with Gasteiger partial charge >= 0.3 is 0 Å². The topological polar surface area (TPSA) is 59.3 Å². The molecule has 0 radical (unpaired) electrons. The number of hydrogen-bond acceptors (Lipinski definition) is 3. The van der Waals surface area contributed by atoms with Crippen LogP contribution in [0.4, 0.5) is 5.69 Å². The van der Waals surface area contributed by atoms with Gasteiger partial charge in [-0.2, -0.15) is 0 Å². The standard InChI is InChI=1S/C20H16N4O/c25-20(22-16-5-3-4-14-12-21-10-9-15(14)16)18-17-6-1-2-11-24(17)19(23-18)13-7-8-13/h1-6,9-13H,7-8H2,(H,22,25). The quantitative estimate of drug-likeness (QED) is 0.618. The number of carbonyl (C=O) groups excluding carboxylic acids is 1. The zero-order valence-corrected chi connectivity index (χ0v) is 13.5. The van der Waals surface area contributed by atoms with Crippen LogP contribution in [0.15, 0.2) is 61.1 Å². The molecule has 0 atom stereocenters. The zero-order chi connectivity index (χ0) is 16.8. The molecule has 0 bridgehead atoms. The summed E-state index contributed by atoms with van der Waals surface area (Å²) < 4.78 is 2.04. The van der Waals surface area contributed by atoms with Crippen molar-refractivity contribution in [1.82, 2.24) is 14.4 Å². The van der Waals surface area contributed by atoms with Gasteiger partial charge in [0, 0.05) is 41.0 Å². The summed E-state index contributed by atoms with van der Waals surface area (Å²) in [7, 11) is 0. The molecule has 1 aliphatic carbocycles. The number of nitrogens with one attached hydrogen (secondary N) is 1. The minimum atomic E-state index is -0.181. The summed E-state index contributed by atoms with van der Waals surface area (Å²) in [6.07, 6.45) is 7.80. The van der Waals surface area contributed by atoms with Gasteiger partial charge in [0.2, 0.25) is 0 Å². The van der Waals surface area contributed by atoms with Crippen molar-refractivity contribution in [3.63, 3.8) is 0 Å². The van der Waals surface area contributed by atoms with Crippen LogP contribution in [-0.2, 0) is 0 Å². The second-order valence-corrected chi connectivity index (χ2v) is 6.41. The molecule has 1 aromatic carbocycles. The molecular formula is C20H16N4O. The highest BCUT2D eigenvalue weighted by Gasteiger charge is 2.30. The normalized spacial score (nSPS) is 14.1. The van der Waals surface area contributed by atoms with E-state index in [0.29, 0.717) is 11.6 Å². The predicted molar refractivity (Wildman–Crippen MR) is 96.9 cm³/mol. The van der Waals surface area contributed by atoms with Crippen molar-refractivity contribution in [1.29, 1.82) is 0 Å². The fourth-order valence-corrected chi connectivity index (χ4v) is 3.27. The van der Waals surface area contributed by atoms with Crippen LogP contribution in [0.1, 0.15) is 35.1 Å². The number of anilines is 1. The van der Waals surface area contributed by atoms with E-state index >= 15 is 0 Å². The number of hydrogen-bond donors (Lipinski definition) is 1. The Morgan fingerprint density at radius 3 is 2.92 bits per heavy atom. The molecule has 1 N–H and O–H groups in total. The molecule has 1 aliphatic rings. The summed E-state index contributed by atoms with van der Waals surface area (Å²) in [6, 6.07) is 13.6. The van der Waals surface area contributed by atoms with E-state index in [1.807, 2.05) is 53.1 Å². The maximum atomic E-state index is 12.9. The van der Waals surface area contributed by atoms with Crippen molar-refractivity contribution in [2.75, 3.05) is 5.32 Å². The molecule has 0 spiro atoms. The summed E-state index contributed by atoms with van der Waals surface area (Å²) in [6.45, 7) is 0. The first-order chi connectivity index (χ1) is 12.3. The lowest BCUT2D eigenvalue weighted by Crippen LogP contribution is -2.13. The number of fused-ring (bicyclic) bond motifs is 2. The van der Waals surface area contributed by atoms with E-state index in [0.717, 1.165) is 40.6 Å². The van der Waals surface area contributed by atoms with E-state index in [9.17, 15) is 4.79 Å². The fraction of sp³-hybridized carbons (Fsp3) is 0.150. The molecule has 5 heteroatoms. The highest BCUT2D eigenvalue weighted by molar-refractivity contribution is 6.11. The Balaban J connectivity index is 1.57. The molecule has 1 saturated carbocycles. The molecule has 3 aromatic heterocycles. The minimum absolute atomic E-state index is 0.181. The predicted octanol–water partition coefficient (Wildman–Crippen LogP) is 4.01. The van der Waals surface area contributed by atoms with Crippen LogP contribution in [0.5, 0.6) is 0 Å². The molecule has 1 amide bonds. The number of rotatable bonds is 3. The van der Waals surface area contributed by atoms with Crippen molar-refractivity contribution in [2.24, 2.45) is 0 Å². The van der Waals surface area contributed by atoms with Gasteiger partial charge in [-0.25, -0.2) is 4.98 Å². The summed E-state index contributed by atoms with van der Waals surface area (Å²) in [5.74, 6) is 1.28. The van der Waals surface area contributed by atoms with E-state index in [1.165, 1.54) is 0 Å². The lowest BCUT2D eigenvalue weighted by Gasteiger charge is -2.07. The Labute approximate surface area is 144 Å². The van der Waals surface area contributed by atoms with Gasteiger partial charge in [0.1, 0.15) is 5.82 Å². The molecule has 5 rings (SSSR count). The molecule has 3 heterocycles. The first-order valence-electron chi connectivity index (χ1n) is 8.42. The van der Waals surface area contributed by atoms with Gasteiger partial charge in [-0.15, -0.1) is 0 Å². The zero-order valence-electron chi connectivity index (χ0n) is 13.5. The van der Waals surface area contributed by atoms with Crippen LogP contribution >= 0.6 is 0 Å². The number of pyridine rings is 2. The average molecular weight is 328 g/mol. The van der Waals surface area contributed by atoms with E-state index < -0.39 is 0 Å².